The molecule has 1 aliphatic carbocycles. The van der Waals surface area contributed by atoms with Crippen molar-refractivity contribution in [3.05, 3.63) is 5.82 Å². The molecule has 0 amide bonds. The third-order valence-electron chi connectivity index (χ3n) is 2.23. The molecule has 4 heteroatoms. The van der Waals surface area contributed by atoms with Crippen molar-refractivity contribution < 1.29 is 4.52 Å². The van der Waals surface area contributed by atoms with Crippen molar-refractivity contribution >= 4 is 6.01 Å². The first-order valence-electron chi connectivity index (χ1n) is 4.31. The summed E-state index contributed by atoms with van der Waals surface area (Å²) < 4.78 is 4.93. The summed E-state index contributed by atoms with van der Waals surface area (Å²) in [6, 6.07) is 1.10. The Kier molecular flexibility index (Phi) is 1.75. The van der Waals surface area contributed by atoms with Crippen molar-refractivity contribution in [2.45, 2.75) is 32.7 Å². The lowest BCUT2D eigenvalue weighted by Gasteiger charge is -2.32. The maximum absolute atomic E-state index is 4.93. The van der Waals surface area contributed by atoms with Crippen LogP contribution in [0.3, 0.4) is 0 Å². The molecule has 1 fully saturated rings. The highest BCUT2D eigenvalue weighted by atomic mass is 16.5. The van der Waals surface area contributed by atoms with Crippen molar-refractivity contribution in [1.29, 1.82) is 0 Å². The van der Waals surface area contributed by atoms with Crippen LogP contribution in [0.2, 0.25) is 0 Å². The molecule has 12 heavy (non-hydrogen) atoms. The van der Waals surface area contributed by atoms with E-state index in [-0.39, 0.29) is 0 Å². The number of rotatable bonds is 2. The Balaban J connectivity index is 1.88. The lowest BCUT2D eigenvalue weighted by Crippen LogP contribution is -2.33. The summed E-state index contributed by atoms with van der Waals surface area (Å²) in [5.41, 5.74) is 0. The van der Waals surface area contributed by atoms with Crippen LogP contribution in [0, 0.1) is 12.8 Å². The van der Waals surface area contributed by atoms with Gasteiger partial charge in [-0.05, 0) is 25.7 Å². The highest BCUT2D eigenvalue weighted by Crippen LogP contribution is 2.28. The second-order valence-electron chi connectivity index (χ2n) is 3.56. The van der Waals surface area contributed by atoms with E-state index in [0.717, 1.165) is 5.92 Å². The minimum atomic E-state index is 0.542. The lowest BCUT2D eigenvalue weighted by molar-refractivity contribution is 0.299. The monoisotopic (exact) mass is 167 g/mol. The summed E-state index contributed by atoms with van der Waals surface area (Å²) >= 11 is 0. The van der Waals surface area contributed by atoms with Crippen LogP contribution in [0.1, 0.15) is 25.6 Å². The number of aromatic nitrogens is 2. The Bertz CT molecular complexity index is 265. The summed E-state index contributed by atoms with van der Waals surface area (Å²) in [7, 11) is 0. The van der Waals surface area contributed by atoms with E-state index in [2.05, 4.69) is 22.4 Å². The molecule has 66 valence electrons. The minimum absolute atomic E-state index is 0.542. The summed E-state index contributed by atoms with van der Waals surface area (Å²) in [6.45, 7) is 4.06. The average molecular weight is 167 g/mol. The lowest BCUT2D eigenvalue weighted by atomic mass is 9.82. The second kappa shape index (κ2) is 2.77. The number of nitrogens with one attached hydrogen (secondary N) is 1. The topological polar surface area (TPSA) is 51.0 Å². The van der Waals surface area contributed by atoms with E-state index in [1.54, 1.807) is 0 Å². The van der Waals surface area contributed by atoms with Gasteiger partial charge in [0.05, 0.1) is 0 Å². The molecule has 1 aromatic heterocycles. The van der Waals surface area contributed by atoms with Gasteiger partial charge in [-0.3, -0.25) is 0 Å². The number of nitrogens with zero attached hydrogens (tertiary/aromatic N) is 2. The Morgan fingerprint density at radius 3 is 2.75 bits per heavy atom. The average Bonchev–Trinajstić information content (AvgIpc) is 2.33. The Labute approximate surface area is 71.4 Å². The molecule has 1 saturated carbocycles. The zero-order valence-electron chi connectivity index (χ0n) is 7.37. The summed E-state index contributed by atoms with van der Waals surface area (Å²) in [5, 5.41) is 6.89. The van der Waals surface area contributed by atoms with Crippen LogP contribution in [-0.2, 0) is 0 Å². The Morgan fingerprint density at radius 2 is 2.25 bits per heavy atom. The molecule has 1 heterocycles. The second-order valence-corrected chi connectivity index (χ2v) is 3.56. The van der Waals surface area contributed by atoms with Crippen LogP contribution in [-0.4, -0.2) is 16.2 Å². The van der Waals surface area contributed by atoms with Gasteiger partial charge < -0.3 is 9.84 Å². The molecular weight excluding hydrogens is 154 g/mol. The fourth-order valence-electron chi connectivity index (χ4n) is 1.55. The number of hydrogen-bond donors (Lipinski definition) is 1. The van der Waals surface area contributed by atoms with Gasteiger partial charge in [0.1, 0.15) is 0 Å². The van der Waals surface area contributed by atoms with Crippen LogP contribution < -0.4 is 5.32 Å². The third-order valence-corrected chi connectivity index (χ3v) is 2.23. The Hall–Kier alpha value is -1.06. The maximum atomic E-state index is 4.93. The SMILES string of the molecule is Cc1noc(NC2CC(C)C2)n1. The zero-order chi connectivity index (χ0) is 8.55. The first-order chi connectivity index (χ1) is 5.74. The van der Waals surface area contributed by atoms with E-state index in [9.17, 15) is 0 Å². The Morgan fingerprint density at radius 1 is 1.50 bits per heavy atom. The summed E-state index contributed by atoms with van der Waals surface area (Å²) in [5.74, 6) is 1.52. The molecule has 1 aliphatic rings. The number of anilines is 1. The van der Waals surface area contributed by atoms with E-state index >= 15 is 0 Å². The fraction of sp³-hybridized carbons (Fsp3) is 0.750. The molecule has 1 aromatic rings. The first kappa shape index (κ1) is 7.58. The molecule has 2 rings (SSSR count). The van der Waals surface area contributed by atoms with Gasteiger partial charge in [0.2, 0.25) is 0 Å². The van der Waals surface area contributed by atoms with Crippen molar-refractivity contribution in [3.8, 4) is 0 Å². The third kappa shape index (κ3) is 1.42. The fourth-order valence-corrected chi connectivity index (χ4v) is 1.55. The summed E-state index contributed by atoms with van der Waals surface area (Å²) in [6.07, 6.45) is 2.42. The van der Waals surface area contributed by atoms with Crippen molar-refractivity contribution in [3.63, 3.8) is 0 Å². The molecule has 0 spiro atoms. The van der Waals surface area contributed by atoms with Gasteiger partial charge in [0, 0.05) is 6.04 Å². The molecule has 0 atom stereocenters. The van der Waals surface area contributed by atoms with Crippen LogP contribution in [0.15, 0.2) is 4.52 Å². The molecule has 0 aliphatic heterocycles. The molecule has 0 saturated heterocycles. The highest BCUT2D eigenvalue weighted by molar-refractivity contribution is 5.21. The van der Waals surface area contributed by atoms with Crippen molar-refractivity contribution in [1.82, 2.24) is 10.1 Å². The van der Waals surface area contributed by atoms with E-state index in [1.807, 2.05) is 6.92 Å². The first-order valence-corrected chi connectivity index (χ1v) is 4.31. The predicted molar refractivity (Wildman–Crippen MR) is 44.8 cm³/mol. The van der Waals surface area contributed by atoms with Gasteiger partial charge in [0.25, 0.3) is 0 Å². The largest absolute Gasteiger partial charge is 0.335 e. The highest BCUT2D eigenvalue weighted by Gasteiger charge is 2.26. The van der Waals surface area contributed by atoms with Crippen LogP contribution in [0.25, 0.3) is 0 Å². The molecule has 0 aromatic carbocycles. The summed E-state index contributed by atoms with van der Waals surface area (Å²) in [4.78, 5) is 4.07. The van der Waals surface area contributed by atoms with Crippen molar-refractivity contribution in [2.75, 3.05) is 5.32 Å². The van der Waals surface area contributed by atoms with Gasteiger partial charge in [-0.25, -0.2) is 0 Å². The predicted octanol–water partition coefficient (Wildman–Crippen LogP) is 1.59. The normalized spacial score (nSPS) is 28.2. The van der Waals surface area contributed by atoms with Crippen LogP contribution in [0.5, 0.6) is 0 Å². The number of hydrogen-bond acceptors (Lipinski definition) is 4. The van der Waals surface area contributed by atoms with E-state index < -0.39 is 0 Å². The van der Waals surface area contributed by atoms with Gasteiger partial charge in [-0.1, -0.05) is 12.1 Å². The number of aryl methyl sites for hydroxylation is 1. The molecule has 1 N–H and O–H groups in total. The quantitative estimate of drug-likeness (QED) is 0.726. The molecule has 4 nitrogen and oxygen atoms in total. The van der Waals surface area contributed by atoms with E-state index in [4.69, 9.17) is 4.52 Å². The van der Waals surface area contributed by atoms with Crippen LogP contribution >= 0.6 is 0 Å². The van der Waals surface area contributed by atoms with Gasteiger partial charge in [-0.15, -0.1) is 0 Å². The maximum Gasteiger partial charge on any atom is 0.321 e. The zero-order valence-corrected chi connectivity index (χ0v) is 7.37. The standard InChI is InChI=1S/C8H13N3O/c1-5-3-7(4-5)10-8-9-6(2)11-12-8/h5,7H,3-4H2,1-2H3,(H,9,10,11). The molecule has 0 radical (unpaired) electrons. The smallest absolute Gasteiger partial charge is 0.321 e. The minimum Gasteiger partial charge on any atom is -0.335 e. The van der Waals surface area contributed by atoms with Gasteiger partial charge in [-0.2, -0.15) is 4.98 Å². The van der Waals surface area contributed by atoms with Crippen LogP contribution in [0.4, 0.5) is 6.01 Å². The van der Waals surface area contributed by atoms with Crippen molar-refractivity contribution in [2.24, 2.45) is 5.92 Å². The van der Waals surface area contributed by atoms with E-state index in [0.29, 0.717) is 17.9 Å². The molecular formula is C8H13N3O. The van der Waals surface area contributed by atoms with Gasteiger partial charge >= 0.3 is 6.01 Å². The van der Waals surface area contributed by atoms with E-state index in [1.165, 1.54) is 12.8 Å². The van der Waals surface area contributed by atoms with Gasteiger partial charge in [0.15, 0.2) is 5.82 Å². The molecule has 0 bridgehead atoms. The molecule has 0 unspecified atom stereocenters.